The number of nitrogens with one attached hydrogen (secondary N) is 1. The summed E-state index contributed by atoms with van der Waals surface area (Å²) in [7, 11) is 0. The summed E-state index contributed by atoms with van der Waals surface area (Å²) in [4.78, 5) is 35.9. The topological polar surface area (TPSA) is 65.5 Å². The van der Waals surface area contributed by atoms with Crippen LogP contribution in [-0.4, -0.2) is 58.8 Å². The highest BCUT2D eigenvalue weighted by atomic mass is 16.2. The monoisotopic (exact) mass is 596 g/mol. The number of nitrogens with zero attached hydrogens (tertiary/aromatic N) is 3. The number of aryl methyl sites for hydroxylation is 2. The van der Waals surface area contributed by atoms with Crippen LogP contribution >= 0.6 is 0 Å². The zero-order chi connectivity index (χ0) is 31.3. The number of rotatable bonds is 15. The molecule has 2 heterocycles. The van der Waals surface area contributed by atoms with Crippen LogP contribution in [0.25, 0.3) is 0 Å². The second kappa shape index (κ2) is 17.1. The smallest absolute Gasteiger partial charge is 0.272 e. The summed E-state index contributed by atoms with van der Waals surface area (Å²) in [5, 5.41) is 3.04. The number of amides is 2. The normalized spacial score (nSPS) is 14.1. The lowest BCUT2D eigenvalue weighted by molar-refractivity contribution is 0.0540. The Kier molecular flexibility index (Phi) is 13.0. The third kappa shape index (κ3) is 10.3. The molecule has 4 rings (SSSR count). The number of piperidine rings is 1. The SMILES string of the molecule is CCCCCc1ccc(C(=O)N(Cc2ccc(C(=O)NCCc3cccc(C)c3)cc2)C2CCN(CCC(C)C)CC2)nc1. The summed E-state index contributed by atoms with van der Waals surface area (Å²) in [5.41, 5.74) is 5.80. The maximum Gasteiger partial charge on any atom is 0.272 e. The predicted octanol–water partition coefficient (Wildman–Crippen LogP) is 7.25. The molecule has 0 unspecified atom stereocenters. The van der Waals surface area contributed by atoms with Crippen LogP contribution in [0.15, 0.2) is 66.9 Å². The van der Waals surface area contributed by atoms with Crippen LogP contribution in [0.5, 0.6) is 0 Å². The van der Waals surface area contributed by atoms with E-state index in [-0.39, 0.29) is 17.9 Å². The van der Waals surface area contributed by atoms with Crippen LogP contribution in [0.4, 0.5) is 0 Å². The van der Waals surface area contributed by atoms with Crippen molar-refractivity contribution in [3.63, 3.8) is 0 Å². The van der Waals surface area contributed by atoms with E-state index in [1.807, 2.05) is 41.4 Å². The predicted molar refractivity (Wildman–Crippen MR) is 180 cm³/mol. The summed E-state index contributed by atoms with van der Waals surface area (Å²) in [6.07, 6.45) is 10.3. The van der Waals surface area contributed by atoms with Gasteiger partial charge < -0.3 is 15.1 Å². The van der Waals surface area contributed by atoms with Gasteiger partial charge in [-0.3, -0.25) is 14.6 Å². The standard InChI is InChI=1S/C38H52N4O2/c1-5-6-7-10-32-14-17-36(40-27-32)38(44)42(35-20-24-41(25-21-35)23-19-29(2)3)28-33-12-15-34(16-13-33)37(43)39-22-18-31-11-8-9-30(4)26-31/h8-9,11-17,26-27,29,35H,5-7,10,18-25,28H2,1-4H3,(H,39,43). The van der Waals surface area contributed by atoms with Crippen molar-refractivity contribution in [3.8, 4) is 0 Å². The molecule has 1 aliphatic heterocycles. The van der Waals surface area contributed by atoms with Gasteiger partial charge in [0.05, 0.1) is 0 Å². The first-order chi connectivity index (χ1) is 21.3. The number of pyridine rings is 1. The van der Waals surface area contributed by atoms with Crippen molar-refractivity contribution in [2.24, 2.45) is 5.92 Å². The third-order valence-electron chi connectivity index (χ3n) is 8.75. The van der Waals surface area contributed by atoms with E-state index in [0.717, 1.165) is 57.3 Å². The fourth-order valence-electron chi connectivity index (χ4n) is 5.94. The molecule has 1 aromatic heterocycles. The lowest BCUT2D eigenvalue weighted by Crippen LogP contribution is -2.47. The average Bonchev–Trinajstić information content (AvgIpc) is 3.03. The van der Waals surface area contributed by atoms with Gasteiger partial charge in [-0.2, -0.15) is 0 Å². The van der Waals surface area contributed by atoms with E-state index in [1.54, 1.807) is 0 Å². The average molecular weight is 597 g/mol. The number of benzene rings is 2. The second-order valence-corrected chi connectivity index (χ2v) is 12.9. The van der Waals surface area contributed by atoms with Gasteiger partial charge >= 0.3 is 0 Å². The minimum Gasteiger partial charge on any atom is -0.352 e. The summed E-state index contributed by atoms with van der Waals surface area (Å²) < 4.78 is 0. The molecular formula is C38H52N4O2. The number of aromatic nitrogens is 1. The minimum absolute atomic E-state index is 0.0105. The van der Waals surface area contributed by atoms with E-state index in [1.165, 1.54) is 36.0 Å². The molecule has 1 N–H and O–H groups in total. The zero-order valence-electron chi connectivity index (χ0n) is 27.4. The molecule has 6 nitrogen and oxygen atoms in total. The Labute approximate surface area is 265 Å². The molecule has 0 radical (unpaired) electrons. The van der Waals surface area contributed by atoms with Crippen molar-refractivity contribution < 1.29 is 9.59 Å². The molecule has 0 spiro atoms. The Bertz CT molecular complexity index is 1310. The van der Waals surface area contributed by atoms with Gasteiger partial charge in [-0.25, -0.2) is 0 Å². The number of unbranched alkanes of at least 4 members (excludes halogenated alkanes) is 2. The molecule has 0 aliphatic carbocycles. The summed E-state index contributed by atoms with van der Waals surface area (Å²) >= 11 is 0. The highest BCUT2D eigenvalue weighted by Gasteiger charge is 2.29. The van der Waals surface area contributed by atoms with E-state index < -0.39 is 0 Å². The lowest BCUT2D eigenvalue weighted by atomic mass is 10.00. The third-order valence-corrected chi connectivity index (χ3v) is 8.75. The second-order valence-electron chi connectivity index (χ2n) is 12.9. The van der Waals surface area contributed by atoms with Crippen LogP contribution < -0.4 is 5.32 Å². The van der Waals surface area contributed by atoms with Gasteiger partial charge in [-0.05, 0) is 92.8 Å². The molecule has 0 bridgehead atoms. The Morgan fingerprint density at radius 2 is 1.70 bits per heavy atom. The van der Waals surface area contributed by atoms with Crippen molar-refractivity contribution >= 4 is 11.8 Å². The largest absolute Gasteiger partial charge is 0.352 e. The van der Waals surface area contributed by atoms with Gasteiger partial charge in [0.15, 0.2) is 0 Å². The number of hydrogen-bond donors (Lipinski definition) is 1. The molecule has 0 saturated carbocycles. The maximum absolute atomic E-state index is 13.9. The molecule has 1 aliphatic rings. The molecule has 2 aromatic carbocycles. The molecule has 1 fully saturated rings. The van der Waals surface area contributed by atoms with Crippen LogP contribution in [0, 0.1) is 12.8 Å². The van der Waals surface area contributed by atoms with Crippen LogP contribution in [0.2, 0.25) is 0 Å². The number of likely N-dealkylation sites (tertiary alicyclic amines) is 1. The van der Waals surface area contributed by atoms with Crippen molar-refractivity contribution in [3.05, 3.63) is 100 Å². The first kappa shape index (κ1) is 33.4. The molecular weight excluding hydrogens is 544 g/mol. The minimum atomic E-state index is -0.0749. The Morgan fingerprint density at radius 3 is 2.36 bits per heavy atom. The molecule has 3 aromatic rings. The van der Waals surface area contributed by atoms with Crippen LogP contribution in [-0.2, 0) is 19.4 Å². The van der Waals surface area contributed by atoms with Crippen LogP contribution in [0.1, 0.15) is 102 Å². The van der Waals surface area contributed by atoms with E-state index in [9.17, 15) is 9.59 Å². The highest BCUT2D eigenvalue weighted by molar-refractivity contribution is 5.94. The molecule has 236 valence electrons. The molecule has 44 heavy (non-hydrogen) atoms. The molecule has 2 amide bonds. The van der Waals surface area contributed by atoms with Crippen molar-refractivity contribution in [1.29, 1.82) is 0 Å². The van der Waals surface area contributed by atoms with Gasteiger partial charge in [0, 0.05) is 44.0 Å². The summed E-state index contributed by atoms with van der Waals surface area (Å²) in [6, 6.07) is 20.2. The molecule has 1 saturated heterocycles. The van der Waals surface area contributed by atoms with E-state index in [0.29, 0.717) is 30.3 Å². The molecule has 0 atom stereocenters. The van der Waals surface area contributed by atoms with Crippen LogP contribution in [0.3, 0.4) is 0 Å². The molecule has 6 heteroatoms. The van der Waals surface area contributed by atoms with Crippen molar-refractivity contribution in [2.75, 3.05) is 26.2 Å². The van der Waals surface area contributed by atoms with Crippen molar-refractivity contribution in [1.82, 2.24) is 20.1 Å². The van der Waals surface area contributed by atoms with E-state index in [4.69, 9.17) is 0 Å². The van der Waals surface area contributed by atoms with Gasteiger partial charge in [-0.1, -0.05) is 81.6 Å². The summed E-state index contributed by atoms with van der Waals surface area (Å²) in [5.74, 6) is 0.609. The lowest BCUT2D eigenvalue weighted by Gasteiger charge is -2.38. The Hall–Kier alpha value is -3.51. The zero-order valence-corrected chi connectivity index (χ0v) is 27.4. The Morgan fingerprint density at radius 1 is 0.955 bits per heavy atom. The van der Waals surface area contributed by atoms with Gasteiger partial charge in [0.1, 0.15) is 5.69 Å². The fourth-order valence-corrected chi connectivity index (χ4v) is 5.94. The maximum atomic E-state index is 13.9. The highest BCUT2D eigenvalue weighted by Crippen LogP contribution is 2.23. The number of carbonyl (C=O) groups excluding carboxylic acids is 2. The number of hydrogen-bond acceptors (Lipinski definition) is 4. The van der Waals surface area contributed by atoms with Crippen molar-refractivity contribution in [2.45, 2.75) is 91.6 Å². The first-order valence-electron chi connectivity index (χ1n) is 16.7. The first-order valence-corrected chi connectivity index (χ1v) is 16.7. The van der Waals surface area contributed by atoms with Gasteiger partial charge in [0.2, 0.25) is 0 Å². The summed E-state index contributed by atoms with van der Waals surface area (Å²) in [6.45, 7) is 13.1. The number of carbonyl (C=O) groups is 2. The van der Waals surface area contributed by atoms with E-state index in [2.05, 4.69) is 73.2 Å². The van der Waals surface area contributed by atoms with E-state index >= 15 is 0 Å². The quantitative estimate of drug-likeness (QED) is 0.188. The van der Waals surface area contributed by atoms with Gasteiger partial charge in [0.25, 0.3) is 11.8 Å². The fraction of sp³-hybridized carbons (Fsp3) is 0.500. The Balaban J connectivity index is 1.40. The van der Waals surface area contributed by atoms with Gasteiger partial charge in [-0.15, -0.1) is 0 Å².